The Labute approximate surface area is 200 Å². The van der Waals surface area contributed by atoms with Gasteiger partial charge < -0.3 is 18.6 Å². The van der Waals surface area contributed by atoms with Crippen LogP contribution in [0.25, 0.3) is 17.0 Å². The van der Waals surface area contributed by atoms with Crippen molar-refractivity contribution in [2.75, 3.05) is 7.11 Å². The number of rotatable bonds is 6. The summed E-state index contributed by atoms with van der Waals surface area (Å²) in [4.78, 5) is 25.1. The van der Waals surface area contributed by atoms with E-state index in [1.54, 1.807) is 37.5 Å². The third-order valence-corrected chi connectivity index (χ3v) is 5.69. The van der Waals surface area contributed by atoms with Gasteiger partial charge in [0.1, 0.15) is 29.1 Å². The molecule has 0 unspecified atom stereocenters. The molecule has 4 aromatic rings. The van der Waals surface area contributed by atoms with E-state index in [9.17, 15) is 9.59 Å². The third kappa shape index (κ3) is 5.13. The summed E-state index contributed by atoms with van der Waals surface area (Å²) in [6.45, 7) is 3.72. The van der Waals surface area contributed by atoms with Crippen LogP contribution in [-0.4, -0.2) is 13.1 Å². The van der Waals surface area contributed by atoms with Gasteiger partial charge in [-0.2, -0.15) is 0 Å². The molecule has 0 bridgehead atoms. The van der Waals surface area contributed by atoms with Gasteiger partial charge in [0.05, 0.1) is 12.5 Å². The number of hydrogen-bond acceptors (Lipinski definition) is 6. The summed E-state index contributed by atoms with van der Waals surface area (Å²) in [7, 11) is 1.59. The molecule has 0 aliphatic heterocycles. The Kier molecular flexibility index (Phi) is 6.70. The Balaban J connectivity index is 1.50. The van der Waals surface area contributed by atoms with Gasteiger partial charge in [-0.25, -0.2) is 4.79 Å². The smallest absolute Gasteiger partial charge is 0.336 e. The highest BCUT2D eigenvalue weighted by atomic mass is 35.5. The first-order valence-corrected chi connectivity index (χ1v) is 10.8. The zero-order valence-electron chi connectivity index (χ0n) is 18.8. The lowest BCUT2D eigenvalue weighted by atomic mass is 10.1. The molecule has 34 heavy (non-hydrogen) atoms. The minimum Gasteiger partial charge on any atom is -0.497 e. The number of aryl methyl sites for hydroxylation is 2. The maximum absolute atomic E-state index is 12.9. The van der Waals surface area contributed by atoms with E-state index in [4.69, 9.17) is 30.2 Å². The second-order valence-corrected chi connectivity index (χ2v) is 7.97. The van der Waals surface area contributed by atoms with Gasteiger partial charge in [0.25, 0.3) is 0 Å². The Hall–Kier alpha value is -4.03. The van der Waals surface area contributed by atoms with E-state index in [-0.39, 0.29) is 22.5 Å². The first kappa shape index (κ1) is 23.1. The summed E-state index contributed by atoms with van der Waals surface area (Å²) in [5, 5.41) is 0.951. The van der Waals surface area contributed by atoms with Crippen molar-refractivity contribution in [3.63, 3.8) is 0 Å². The Morgan fingerprint density at radius 1 is 0.941 bits per heavy atom. The number of carbonyl (C=O) groups excluding carboxylic acids is 1. The highest BCUT2D eigenvalue weighted by Crippen LogP contribution is 2.29. The fraction of sp³-hybridized carbons (Fsp3) is 0.111. The molecule has 0 aliphatic rings. The van der Waals surface area contributed by atoms with E-state index < -0.39 is 5.97 Å². The predicted molar refractivity (Wildman–Crippen MR) is 131 cm³/mol. The fourth-order valence-electron chi connectivity index (χ4n) is 3.35. The Morgan fingerprint density at radius 3 is 2.29 bits per heavy atom. The number of ether oxygens (including phenoxy) is 3. The summed E-state index contributed by atoms with van der Waals surface area (Å²) in [6.07, 6.45) is 4.18. The van der Waals surface area contributed by atoms with Crippen molar-refractivity contribution in [2.45, 2.75) is 13.8 Å². The molecule has 0 N–H and O–H groups in total. The maximum Gasteiger partial charge on any atom is 0.336 e. The molecule has 0 saturated heterocycles. The van der Waals surface area contributed by atoms with Crippen LogP contribution in [-0.2, 0) is 4.79 Å². The van der Waals surface area contributed by atoms with E-state index >= 15 is 0 Å². The van der Waals surface area contributed by atoms with Crippen molar-refractivity contribution in [3.8, 4) is 23.0 Å². The summed E-state index contributed by atoms with van der Waals surface area (Å²) in [5.74, 6) is 0.939. The number of hydrogen-bond donors (Lipinski definition) is 0. The quantitative estimate of drug-likeness (QED) is 0.180. The second kappa shape index (κ2) is 9.85. The van der Waals surface area contributed by atoms with E-state index in [0.717, 1.165) is 22.4 Å². The standard InChI is InChI=1S/C27H21ClO6/c1-16-12-21(13-17(2)26(16)28)33-24-15-32-23-14-20(9-10-22(23)27(24)30)34-25(29)11-6-18-4-7-19(31-3)8-5-18/h4-15H,1-3H3/b11-6+. The molecule has 172 valence electrons. The fourth-order valence-corrected chi connectivity index (χ4v) is 3.46. The molecular weight excluding hydrogens is 456 g/mol. The van der Waals surface area contributed by atoms with Gasteiger partial charge in [0.2, 0.25) is 11.2 Å². The van der Waals surface area contributed by atoms with Crippen LogP contribution in [0.2, 0.25) is 5.02 Å². The largest absolute Gasteiger partial charge is 0.497 e. The Morgan fingerprint density at radius 2 is 1.62 bits per heavy atom. The van der Waals surface area contributed by atoms with Crippen molar-refractivity contribution in [1.82, 2.24) is 0 Å². The van der Waals surface area contributed by atoms with Crippen molar-refractivity contribution < 1.29 is 23.4 Å². The number of esters is 1. The summed E-state index contributed by atoms with van der Waals surface area (Å²) in [6, 6.07) is 15.3. The highest BCUT2D eigenvalue weighted by Gasteiger charge is 2.12. The molecule has 3 aromatic carbocycles. The molecule has 0 saturated carbocycles. The maximum atomic E-state index is 12.9. The molecule has 1 aromatic heterocycles. The zero-order valence-corrected chi connectivity index (χ0v) is 19.5. The number of methoxy groups -OCH3 is 1. The van der Waals surface area contributed by atoms with Gasteiger partial charge in [-0.3, -0.25) is 4.79 Å². The van der Waals surface area contributed by atoms with Gasteiger partial charge in [0, 0.05) is 17.2 Å². The molecule has 0 radical (unpaired) electrons. The second-order valence-electron chi connectivity index (χ2n) is 7.59. The van der Waals surface area contributed by atoms with Crippen LogP contribution < -0.4 is 19.6 Å². The Bertz CT molecular complexity index is 1430. The molecule has 4 rings (SSSR count). The summed E-state index contributed by atoms with van der Waals surface area (Å²) >= 11 is 6.19. The van der Waals surface area contributed by atoms with Crippen molar-refractivity contribution in [3.05, 3.63) is 98.9 Å². The normalized spacial score (nSPS) is 11.1. The lowest BCUT2D eigenvalue weighted by molar-refractivity contribution is -0.128. The van der Waals surface area contributed by atoms with Crippen LogP contribution >= 0.6 is 11.6 Å². The van der Waals surface area contributed by atoms with Gasteiger partial charge in [-0.1, -0.05) is 23.7 Å². The lowest BCUT2D eigenvalue weighted by Crippen LogP contribution is -2.06. The minimum absolute atomic E-state index is 0.0424. The van der Waals surface area contributed by atoms with Crippen LogP contribution in [0.1, 0.15) is 16.7 Å². The average molecular weight is 477 g/mol. The summed E-state index contributed by atoms with van der Waals surface area (Å²) < 4.78 is 21.8. The molecule has 7 heteroatoms. The lowest BCUT2D eigenvalue weighted by Gasteiger charge is -2.09. The average Bonchev–Trinajstić information content (AvgIpc) is 2.83. The van der Waals surface area contributed by atoms with Crippen LogP contribution in [0.15, 0.2) is 76.1 Å². The predicted octanol–water partition coefficient (Wildman–Crippen LogP) is 6.48. The topological polar surface area (TPSA) is 75.0 Å². The van der Waals surface area contributed by atoms with E-state index in [2.05, 4.69) is 0 Å². The van der Waals surface area contributed by atoms with Gasteiger partial charge in [-0.05, 0) is 73.0 Å². The van der Waals surface area contributed by atoms with E-state index in [1.807, 2.05) is 26.0 Å². The number of fused-ring (bicyclic) bond motifs is 1. The third-order valence-electron chi connectivity index (χ3n) is 5.10. The molecule has 0 fully saturated rings. The first-order chi connectivity index (χ1) is 16.3. The minimum atomic E-state index is -0.564. The zero-order chi connectivity index (χ0) is 24.2. The molecule has 0 amide bonds. The van der Waals surface area contributed by atoms with Crippen molar-refractivity contribution in [1.29, 1.82) is 0 Å². The first-order valence-electron chi connectivity index (χ1n) is 10.4. The molecule has 0 spiro atoms. The number of halogens is 1. The van der Waals surface area contributed by atoms with Crippen LogP contribution in [0.5, 0.6) is 23.0 Å². The molecular formula is C27H21ClO6. The molecule has 0 aliphatic carbocycles. The van der Waals surface area contributed by atoms with Crippen LogP contribution in [0.4, 0.5) is 0 Å². The van der Waals surface area contributed by atoms with E-state index in [0.29, 0.717) is 16.2 Å². The van der Waals surface area contributed by atoms with Gasteiger partial charge in [-0.15, -0.1) is 0 Å². The monoisotopic (exact) mass is 476 g/mol. The van der Waals surface area contributed by atoms with E-state index in [1.165, 1.54) is 30.5 Å². The number of benzene rings is 3. The SMILES string of the molecule is COc1ccc(/C=C/C(=O)Oc2ccc3c(=O)c(Oc4cc(C)c(Cl)c(C)c4)coc3c2)cc1. The molecule has 0 atom stereocenters. The van der Waals surface area contributed by atoms with Crippen molar-refractivity contribution >= 4 is 34.6 Å². The summed E-state index contributed by atoms with van der Waals surface area (Å²) in [5.41, 5.74) is 2.43. The van der Waals surface area contributed by atoms with Crippen molar-refractivity contribution in [2.24, 2.45) is 0 Å². The highest BCUT2D eigenvalue weighted by molar-refractivity contribution is 6.32. The number of carbonyl (C=O) groups is 1. The molecule has 1 heterocycles. The van der Waals surface area contributed by atoms with Gasteiger partial charge in [0.15, 0.2) is 0 Å². The molecule has 6 nitrogen and oxygen atoms in total. The van der Waals surface area contributed by atoms with Crippen LogP contribution in [0.3, 0.4) is 0 Å². The van der Waals surface area contributed by atoms with Crippen LogP contribution in [0, 0.1) is 13.8 Å². The van der Waals surface area contributed by atoms with Gasteiger partial charge >= 0.3 is 5.97 Å².